The number of halogens is 2. The Balaban J connectivity index is 1.53. The summed E-state index contributed by atoms with van der Waals surface area (Å²) in [4.78, 5) is 42.7. The molecule has 0 spiro atoms. The van der Waals surface area contributed by atoms with Gasteiger partial charge in [-0.15, -0.1) is 0 Å². The average Bonchev–Trinajstić information content (AvgIpc) is 3.10. The third-order valence-corrected chi connectivity index (χ3v) is 5.41. The molecule has 0 saturated carbocycles. The molecule has 0 unspecified atom stereocenters. The summed E-state index contributed by atoms with van der Waals surface area (Å²) in [5.74, 6) is -0.710. The van der Waals surface area contributed by atoms with Gasteiger partial charge >= 0.3 is 17.8 Å². The molecule has 3 rings (SSSR count). The summed E-state index contributed by atoms with van der Waals surface area (Å²) in [7, 11) is 0. The lowest BCUT2D eigenvalue weighted by molar-refractivity contribution is -0.392. The van der Waals surface area contributed by atoms with Crippen LogP contribution in [-0.4, -0.2) is 38.0 Å². The van der Waals surface area contributed by atoms with Crippen LogP contribution >= 0.6 is 34.2 Å². The monoisotopic (exact) mass is 558 g/mol. The Hall–Kier alpha value is -2.80. The maximum atomic E-state index is 12.2. The summed E-state index contributed by atoms with van der Waals surface area (Å²) < 4.78 is 12.4. The summed E-state index contributed by atoms with van der Waals surface area (Å²) in [6.45, 7) is 1.61. The molecule has 0 amide bonds. The SMILES string of the molecule is Cc1ncc([N+](=O)[O-])n1CCOC(=O)CCC(=O)Oc1c(I)cc(Cl)c2cccnc12. The first-order valence-electron chi connectivity index (χ1n) is 9.03. The molecule has 0 aliphatic heterocycles. The number of imidazole rings is 1. The van der Waals surface area contributed by atoms with Crippen molar-refractivity contribution in [2.45, 2.75) is 26.3 Å². The van der Waals surface area contributed by atoms with Gasteiger partial charge in [0.05, 0.1) is 21.4 Å². The molecule has 10 nitrogen and oxygen atoms in total. The van der Waals surface area contributed by atoms with E-state index in [1.807, 2.05) is 22.6 Å². The topological polar surface area (TPSA) is 126 Å². The van der Waals surface area contributed by atoms with Crippen molar-refractivity contribution >= 4 is 62.9 Å². The average molecular weight is 559 g/mol. The van der Waals surface area contributed by atoms with Crippen LogP contribution in [0.4, 0.5) is 5.82 Å². The number of pyridine rings is 1. The number of hydrogen-bond donors (Lipinski definition) is 0. The molecule has 31 heavy (non-hydrogen) atoms. The number of esters is 2. The third-order valence-electron chi connectivity index (χ3n) is 4.30. The second-order valence-electron chi connectivity index (χ2n) is 6.34. The zero-order valence-corrected chi connectivity index (χ0v) is 19.1. The van der Waals surface area contributed by atoms with Gasteiger partial charge in [0.15, 0.2) is 11.6 Å². The lowest BCUT2D eigenvalue weighted by Gasteiger charge is -2.10. The molecule has 1 aromatic carbocycles. The van der Waals surface area contributed by atoms with Crippen LogP contribution in [0.15, 0.2) is 30.6 Å². The fourth-order valence-corrected chi connectivity index (χ4v) is 3.94. The van der Waals surface area contributed by atoms with Gasteiger partial charge in [0.1, 0.15) is 24.9 Å². The number of ether oxygens (including phenoxy) is 2. The van der Waals surface area contributed by atoms with Crippen molar-refractivity contribution in [3.8, 4) is 5.75 Å². The van der Waals surface area contributed by atoms with Gasteiger partial charge in [-0.1, -0.05) is 11.6 Å². The molecular formula is C19H16ClIN4O6. The summed E-state index contributed by atoms with van der Waals surface area (Å²) in [6.07, 6.45) is 2.31. The number of benzene rings is 1. The number of aromatic nitrogens is 3. The van der Waals surface area contributed by atoms with Crippen LogP contribution in [0.2, 0.25) is 5.02 Å². The second-order valence-corrected chi connectivity index (χ2v) is 7.91. The van der Waals surface area contributed by atoms with Crippen molar-refractivity contribution in [2.24, 2.45) is 0 Å². The van der Waals surface area contributed by atoms with Gasteiger partial charge in [0.2, 0.25) is 0 Å². The van der Waals surface area contributed by atoms with Gasteiger partial charge in [-0.05, 0) is 45.7 Å². The Morgan fingerprint density at radius 1 is 1.29 bits per heavy atom. The molecule has 162 valence electrons. The minimum absolute atomic E-state index is 0.0823. The smallest absolute Gasteiger partial charge is 0.342 e. The summed E-state index contributed by atoms with van der Waals surface area (Å²) in [6, 6.07) is 5.16. The molecular weight excluding hydrogens is 543 g/mol. The summed E-state index contributed by atoms with van der Waals surface area (Å²) in [5, 5.41) is 12.1. The highest BCUT2D eigenvalue weighted by Gasteiger charge is 2.19. The molecule has 0 aliphatic carbocycles. The maximum absolute atomic E-state index is 12.2. The van der Waals surface area contributed by atoms with Crippen molar-refractivity contribution in [3.63, 3.8) is 0 Å². The molecule has 0 N–H and O–H groups in total. The minimum atomic E-state index is -0.620. The maximum Gasteiger partial charge on any atom is 0.342 e. The zero-order valence-electron chi connectivity index (χ0n) is 16.2. The van der Waals surface area contributed by atoms with E-state index in [0.717, 1.165) is 6.20 Å². The molecule has 0 fully saturated rings. The van der Waals surface area contributed by atoms with E-state index in [-0.39, 0.29) is 37.6 Å². The first kappa shape index (κ1) is 22.9. The molecule has 2 aromatic heterocycles. The lowest BCUT2D eigenvalue weighted by Crippen LogP contribution is -2.16. The zero-order chi connectivity index (χ0) is 22.5. The van der Waals surface area contributed by atoms with Crippen LogP contribution in [0.1, 0.15) is 18.7 Å². The van der Waals surface area contributed by atoms with Crippen molar-refractivity contribution in [3.05, 3.63) is 55.1 Å². The van der Waals surface area contributed by atoms with Crippen LogP contribution < -0.4 is 4.74 Å². The fourth-order valence-electron chi connectivity index (χ4n) is 2.81. The molecule has 0 bridgehead atoms. The Morgan fingerprint density at radius 3 is 2.77 bits per heavy atom. The van der Waals surface area contributed by atoms with Crippen LogP contribution in [0.5, 0.6) is 5.75 Å². The number of rotatable bonds is 8. The number of nitro groups is 1. The highest BCUT2D eigenvalue weighted by atomic mass is 127. The molecule has 0 radical (unpaired) electrons. The number of carbonyl (C=O) groups excluding carboxylic acids is 2. The summed E-state index contributed by atoms with van der Waals surface area (Å²) in [5.41, 5.74) is 0.452. The third kappa shape index (κ3) is 5.47. The van der Waals surface area contributed by atoms with Crippen LogP contribution in [0.25, 0.3) is 10.9 Å². The molecule has 0 aliphatic rings. The van der Waals surface area contributed by atoms with Gasteiger partial charge in [-0.2, -0.15) is 0 Å². The van der Waals surface area contributed by atoms with Gasteiger partial charge in [-0.25, -0.2) is 9.55 Å². The number of aryl methyl sites for hydroxylation is 1. The number of fused-ring (bicyclic) bond motifs is 1. The largest absolute Gasteiger partial charge is 0.461 e. The van der Waals surface area contributed by atoms with Gasteiger partial charge < -0.3 is 19.6 Å². The quantitative estimate of drug-likeness (QED) is 0.134. The van der Waals surface area contributed by atoms with Crippen LogP contribution in [-0.2, 0) is 20.9 Å². The standard InChI is InChI=1S/C19H16ClIN4O6/c1-11-23-10-15(25(28)29)24(11)7-8-30-16(26)4-5-17(27)31-19-14(21)9-13(20)12-3-2-6-22-18(12)19/h2-3,6,9-10H,4-5,7-8H2,1H3. The Morgan fingerprint density at radius 2 is 2.03 bits per heavy atom. The number of nitrogens with zero attached hydrogens (tertiary/aromatic N) is 4. The normalized spacial score (nSPS) is 10.8. The van der Waals surface area contributed by atoms with E-state index in [1.54, 1.807) is 31.3 Å². The van der Waals surface area contributed by atoms with Crippen LogP contribution in [0, 0.1) is 20.6 Å². The van der Waals surface area contributed by atoms with Gasteiger partial charge in [0.25, 0.3) is 0 Å². The Labute approximate surface area is 194 Å². The van der Waals surface area contributed by atoms with Crippen LogP contribution in [0.3, 0.4) is 0 Å². The van der Waals surface area contributed by atoms with Gasteiger partial charge in [0, 0.05) is 18.5 Å². The number of hydrogen-bond acceptors (Lipinski definition) is 8. The van der Waals surface area contributed by atoms with E-state index in [4.69, 9.17) is 21.1 Å². The Kier molecular flexibility index (Phi) is 7.38. The number of carbonyl (C=O) groups is 2. The van der Waals surface area contributed by atoms with Crippen molar-refractivity contribution in [1.29, 1.82) is 0 Å². The molecule has 3 aromatic rings. The van der Waals surface area contributed by atoms with E-state index >= 15 is 0 Å². The highest BCUT2D eigenvalue weighted by molar-refractivity contribution is 14.1. The minimum Gasteiger partial charge on any atom is -0.461 e. The van der Waals surface area contributed by atoms with Crippen molar-refractivity contribution in [2.75, 3.05) is 6.61 Å². The molecule has 0 atom stereocenters. The predicted octanol–water partition coefficient (Wildman–Crippen LogP) is 3.83. The summed E-state index contributed by atoms with van der Waals surface area (Å²) >= 11 is 8.20. The van der Waals surface area contributed by atoms with E-state index in [2.05, 4.69) is 9.97 Å². The molecule has 0 saturated heterocycles. The first-order chi connectivity index (χ1) is 14.8. The molecule has 12 heteroatoms. The second kappa shape index (κ2) is 10.0. The molecule has 2 heterocycles. The van der Waals surface area contributed by atoms with Crippen molar-refractivity contribution in [1.82, 2.24) is 14.5 Å². The highest BCUT2D eigenvalue weighted by Crippen LogP contribution is 2.34. The van der Waals surface area contributed by atoms with E-state index in [0.29, 0.717) is 25.3 Å². The first-order valence-corrected chi connectivity index (χ1v) is 10.5. The lowest BCUT2D eigenvalue weighted by atomic mass is 10.2. The van der Waals surface area contributed by atoms with Gasteiger partial charge in [-0.3, -0.25) is 14.6 Å². The van der Waals surface area contributed by atoms with Crippen molar-refractivity contribution < 1.29 is 24.0 Å². The predicted molar refractivity (Wildman–Crippen MR) is 119 cm³/mol. The van der Waals surface area contributed by atoms with E-state index in [9.17, 15) is 19.7 Å². The Bertz CT molecular complexity index is 1170. The van der Waals surface area contributed by atoms with E-state index < -0.39 is 16.9 Å². The fraction of sp³-hybridized carbons (Fsp3) is 0.263. The van der Waals surface area contributed by atoms with E-state index in [1.165, 1.54) is 4.57 Å².